The lowest BCUT2D eigenvalue weighted by Gasteiger charge is -2.27. The fraction of sp³-hybridized carbons (Fsp3) is 0.800. The van der Waals surface area contributed by atoms with Gasteiger partial charge < -0.3 is 26.0 Å². The normalized spacial score (nSPS) is 20.4. The second-order valence-corrected chi connectivity index (χ2v) is 13.2. The van der Waals surface area contributed by atoms with Crippen LogP contribution in [0.3, 0.4) is 0 Å². The lowest BCUT2D eigenvalue weighted by atomic mass is 9.93. The van der Waals surface area contributed by atoms with Crippen LogP contribution in [-0.2, 0) is 28.7 Å². The molecule has 1 aliphatic rings. The summed E-state index contributed by atoms with van der Waals surface area (Å²) in [6.45, 7) is 15.0. The van der Waals surface area contributed by atoms with Crippen LogP contribution in [0.15, 0.2) is 0 Å². The SMILES string of the molecule is CC(=O)N[C@@H](CC(C)C)C(=O)N[C@@H](CC(C)C)C(=O)N[C@@H](PP)C(=O)N[C@@H](CC(C)C)C(=O)[C@@]1(C)CO1. The van der Waals surface area contributed by atoms with E-state index in [1.54, 1.807) is 6.92 Å². The minimum Gasteiger partial charge on any atom is -0.361 e. The van der Waals surface area contributed by atoms with Crippen LogP contribution in [0.2, 0.25) is 0 Å². The molecular weight excluding hydrogens is 514 g/mol. The molecule has 0 saturated carbocycles. The summed E-state index contributed by atoms with van der Waals surface area (Å²) in [5.41, 5.74) is -0.873. The van der Waals surface area contributed by atoms with E-state index >= 15 is 0 Å². The van der Waals surface area contributed by atoms with E-state index in [0.717, 1.165) is 0 Å². The summed E-state index contributed by atoms with van der Waals surface area (Å²) in [5.74, 6) is -2.40. The standard InChI is InChI=1S/C25H46N4O6P2/c1-13(2)9-17(20(31)25(8)12-35-25)27-23(34)24(37-36)29-22(33)19(11-15(5)6)28-21(32)18(10-14(3)4)26-16(7)30/h13-15,17-19,24,37H,9-12,36H2,1-8H3,(H,26,30)(H,27,34)(H,28,32)(H,29,33)/t17-,18-,19-,24-,25+/m0/s1. The number of carbonyl (C=O) groups is 5. The van der Waals surface area contributed by atoms with Crippen LogP contribution in [0.25, 0.3) is 0 Å². The molecule has 212 valence electrons. The van der Waals surface area contributed by atoms with Gasteiger partial charge in [-0.2, -0.15) is 0 Å². The van der Waals surface area contributed by atoms with E-state index in [1.807, 2.05) is 41.5 Å². The van der Waals surface area contributed by atoms with Crippen molar-refractivity contribution in [2.45, 2.75) is 104 Å². The molecule has 37 heavy (non-hydrogen) atoms. The first-order valence-corrected chi connectivity index (χ1v) is 15.8. The molecule has 0 radical (unpaired) electrons. The zero-order chi connectivity index (χ0) is 28.5. The van der Waals surface area contributed by atoms with E-state index in [2.05, 4.69) is 30.2 Å². The zero-order valence-corrected chi connectivity index (χ0v) is 25.6. The van der Waals surface area contributed by atoms with Gasteiger partial charge in [0, 0.05) is 6.92 Å². The van der Waals surface area contributed by atoms with E-state index in [1.165, 1.54) is 6.92 Å². The third kappa shape index (κ3) is 11.7. The second-order valence-electron chi connectivity index (χ2n) is 11.3. The van der Waals surface area contributed by atoms with Gasteiger partial charge in [0.25, 0.3) is 0 Å². The Morgan fingerprint density at radius 1 is 0.757 bits per heavy atom. The molecule has 1 rings (SSSR count). The van der Waals surface area contributed by atoms with Crippen LogP contribution in [0.1, 0.15) is 74.7 Å². The number of rotatable bonds is 16. The van der Waals surface area contributed by atoms with Gasteiger partial charge in [0.15, 0.2) is 5.78 Å². The van der Waals surface area contributed by atoms with Gasteiger partial charge in [0.05, 0.1) is 12.6 Å². The van der Waals surface area contributed by atoms with Gasteiger partial charge >= 0.3 is 0 Å². The lowest BCUT2D eigenvalue weighted by molar-refractivity contribution is -0.134. The second kappa shape index (κ2) is 15.1. The van der Waals surface area contributed by atoms with E-state index in [0.29, 0.717) is 25.9 Å². The number of ether oxygens (including phenoxy) is 1. The topological polar surface area (TPSA) is 146 Å². The van der Waals surface area contributed by atoms with Gasteiger partial charge in [-0.05, 0) is 43.9 Å². The van der Waals surface area contributed by atoms with E-state index in [9.17, 15) is 24.0 Å². The molecule has 12 heteroatoms. The van der Waals surface area contributed by atoms with Crippen LogP contribution in [0, 0.1) is 17.8 Å². The Bertz CT molecular complexity index is 832. The number of ketones is 1. The third-order valence-electron chi connectivity index (χ3n) is 5.90. The molecule has 4 N–H and O–H groups in total. The average Bonchev–Trinajstić information content (AvgIpc) is 3.52. The maximum absolute atomic E-state index is 13.2. The highest BCUT2D eigenvalue weighted by atomic mass is 32.0. The van der Waals surface area contributed by atoms with Gasteiger partial charge in [0.1, 0.15) is 23.5 Å². The van der Waals surface area contributed by atoms with Crippen molar-refractivity contribution in [3.05, 3.63) is 0 Å². The number of hydrogen-bond acceptors (Lipinski definition) is 6. The molecular formula is C25H46N4O6P2. The first kappa shape index (κ1) is 33.4. The predicted octanol–water partition coefficient (Wildman–Crippen LogP) is 1.87. The van der Waals surface area contributed by atoms with Crippen molar-refractivity contribution >= 4 is 46.6 Å². The monoisotopic (exact) mass is 560 g/mol. The number of hydrogen-bond donors (Lipinski definition) is 4. The fourth-order valence-electron chi connectivity index (χ4n) is 3.93. The molecule has 7 atom stereocenters. The summed E-state index contributed by atoms with van der Waals surface area (Å²) in [6.07, 6.45) is 1.23. The highest BCUT2D eigenvalue weighted by molar-refractivity contribution is 8.03. The summed E-state index contributed by atoms with van der Waals surface area (Å²) in [7, 11) is 2.41. The Balaban J connectivity index is 2.97. The number of Topliss-reactive ketones (excluding diaryl/α,β-unsaturated/α-hetero) is 1. The number of nitrogens with one attached hydrogen (secondary N) is 4. The van der Waals surface area contributed by atoms with Gasteiger partial charge in [-0.25, -0.2) is 0 Å². The van der Waals surface area contributed by atoms with Crippen molar-refractivity contribution in [3.8, 4) is 0 Å². The van der Waals surface area contributed by atoms with Crippen molar-refractivity contribution in [1.82, 2.24) is 21.3 Å². The van der Waals surface area contributed by atoms with Crippen LogP contribution in [-0.4, -0.2) is 65.5 Å². The molecule has 0 aliphatic carbocycles. The molecule has 0 aromatic carbocycles. The third-order valence-corrected chi connectivity index (χ3v) is 7.64. The first-order valence-electron chi connectivity index (χ1n) is 12.9. The molecule has 4 amide bonds. The molecule has 1 saturated heterocycles. The van der Waals surface area contributed by atoms with Crippen LogP contribution in [0.4, 0.5) is 0 Å². The Kier molecular flexibility index (Phi) is 13.6. The number of carbonyl (C=O) groups excluding carboxylic acids is 5. The van der Waals surface area contributed by atoms with Crippen molar-refractivity contribution in [1.29, 1.82) is 0 Å². The quantitative estimate of drug-likeness (QED) is 0.168. The Labute approximate surface area is 225 Å². The molecule has 1 aliphatic heterocycles. The van der Waals surface area contributed by atoms with E-state index in [4.69, 9.17) is 4.74 Å². The highest BCUT2D eigenvalue weighted by Crippen LogP contribution is 2.30. The van der Waals surface area contributed by atoms with Gasteiger partial charge in [-0.15, -0.1) is 8.93 Å². The summed E-state index contributed by atoms with van der Waals surface area (Å²) in [4.78, 5) is 63.8. The molecule has 10 nitrogen and oxygen atoms in total. The molecule has 0 bridgehead atoms. The minimum absolute atomic E-state index is 0.0531. The van der Waals surface area contributed by atoms with Crippen molar-refractivity contribution in [2.24, 2.45) is 17.8 Å². The number of epoxide rings is 1. The maximum Gasteiger partial charge on any atom is 0.247 e. The molecule has 0 aromatic rings. The summed E-state index contributed by atoms with van der Waals surface area (Å²) >= 11 is 0. The first-order chi connectivity index (χ1) is 17.1. The van der Waals surface area contributed by atoms with E-state index < -0.39 is 47.2 Å². The number of amides is 4. The predicted molar refractivity (Wildman–Crippen MR) is 149 cm³/mol. The van der Waals surface area contributed by atoms with Crippen molar-refractivity contribution < 1.29 is 28.7 Å². The fourth-order valence-corrected chi connectivity index (χ4v) is 5.09. The summed E-state index contributed by atoms with van der Waals surface area (Å²) < 4.78 is 5.29. The van der Waals surface area contributed by atoms with Gasteiger partial charge in [-0.1, -0.05) is 49.8 Å². The average molecular weight is 561 g/mol. The Morgan fingerprint density at radius 3 is 1.57 bits per heavy atom. The lowest BCUT2D eigenvalue weighted by Crippen LogP contribution is -2.57. The van der Waals surface area contributed by atoms with Gasteiger partial charge in [0.2, 0.25) is 23.6 Å². The highest BCUT2D eigenvalue weighted by Gasteiger charge is 2.50. The molecule has 1 fully saturated rings. The van der Waals surface area contributed by atoms with Crippen molar-refractivity contribution in [3.63, 3.8) is 0 Å². The van der Waals surface area contributed by atoms with Gasteiger partial charge in [-0.3, -0.25) is 24.0 Å². The van der Waals surface area contributed by atoms with E-state index in [-0.39, 0.29) is 37.7 Å². The van der Waals surface area contributed by atoms with Crippen LogP contribution in [0.5, 0.6) is 0 Å². The minimum atomic E-state index is -0.889. The maximum atomic E-state index is 13.2. The smallest absolute Gasteiger partial charge is 0.247 e. The van der Waals surface area contributed by atoms with Crippen molar-refractivity contribution in [2.75, 3.05) is 6.61 Å². The molecule has 2 unspecified atom stereocenters. The summed E-state index contributed by atoms with van der Waals surface area (Å²) in [6, 6.07) is -2.38. The zero-order valence-electron chi connectivity index (χ0n) is 23.4. The molecule has 1 heterocycles. The van der Waals surface area contributed by atoms with Crippen LogP contribution >= 0.6 is 17.2 Å². The Hall–Kier alpha value is -1.63. The molecule has 0 aromatic heterocycles. The Morgan fingerprint density at radius 2 is 1.16 bits per heavy atom. The van der Waals surface area contributed by atoms with Crippen LogP contribution < -0.4 is 21.3 Å². The summed E-state index contributed by atoms with van der Waals surface area (Å²) in [5, 5.41) is 11.0. The largest absolute Gasteiger partial charge is 0.361 e. The molecule has 0 spiro atoms.